The summed E-state index contributed by atoms with van der Waals surface area (Å²) in [4.78, 5) is 7.83. The van der Waals surface area contributed by atoms with Gasteiger partial charge in [0.1, 0.15) is 5.82 Å². The number of aromatic amines is 1. The Labute approximate surface area is 93.5 Å². The van der Waals surface area contributed by atoms with Gasteiger partial charge in [-0.2, -0.15) is 0 Å². The molecule has 0 saturated heterocycles. The maximum atomic E-state index is 5.65. The molecule has 1 unspecified atom stereocenters. The van der Waals surface area contributed by atoms with Crippen LogP contribution < -0.4 is 5.73 Å². The van der Waals surface area contributed by atoms with Crippen LogP contribution in [0.2, 0.25) is 0 Å². The highest BCUT2D eigenvalue weighted by Crippen LogP contribution is 2.30. The zero-order chi connectivity index (χ0) is 11.1. The minimum Gasteiger partial charge on any atom is -0.399 e. The summed E-state index contributed by atoms with van der Waals surface area (Å²) in [5.41, 5.74) is 9.57. The molecular weight excluding hydrogens is 202 g/mol. The molecule has 0 spiro atoms. The molecule has 1 aromatic carbocycles. The van der Waals surface area contributed by atoms with Crippen LogP contribution in [0.25, 0.3) is 11.4 Å². The first-order valence-corrected chi connectivity index (χ1v) is 5.30. The van der Waals surface area contributed by atoms with Crippen molar-refractivity contribution in [3.8, 4) is 11.4 Å². The lowest BCUT2D eigenvalue weighted by atomic mass is 10.2. The van der Waals surface area contributed by atoms with E-state index in [1.165, 1.54) is 0 Å². The summed E-state index contributed by atoms with van der Waals surface area (Å²) in [5.74, 6) is 0.889. The lowest BCUT2D eigenvalue weighted by Crippen LogP contribution is -1.91. The fourth-order valence-electron chi connectivity index (χ4n) is 1.93. The molecule has 0 fully saturated rings. The minimum atomic E-state index is 0.0915. The standard InChI is InChI=1S/C12H13N3O/c1-7-11-10(6-16-7)14-12(15-11)8-2-4-9(13)5-3-8/h2-5,7H,6,13H2,1H3,(H,14,15). The van der Waals surface area contributed by atoms with E-state index in [4.69, 9.17) is 10.5 Å². The number of hydrogen-bond donors (Lipinski definition) is 2. The van der Waals surface area contributed by atoms with Gasteiger partial charge in [0.15, 0.2) is 0 Å². The largest absolute Gasteiger partial charge is 0.399 e. The Bertz CT molecular complexity index is 516. The van der Waals surface area contributed by atoms with Gasteiger partial charge in [-0.3, -0.25) is 0 Å². The van der Waals surface area contributed by atoms with Crippen molar-refractivity contribution in [1.29, 1.82) is 0 Å². The number of fused-ring (bicyclic) bond motifs is 1. The van der Waals surface area contributed by atoms with E-state index in [1.807, 2.05) is 31.2 Å². The van der Waals surface area contributed by atoms with Crippen LogP contribution in [0.15, 0.2) is 24.3 Å². The smallest absolute Gasteiger partial charge is 0.138 e. The Balaban J connectivity index is 2.02. The molecule has 3 rings (SSSR count). The monoisotopic (exact) mass is 215 g/mol. The number of ether oxygens (including phenoxy) is 1. The number of aromatic nitrogens is 2. The topological polar surface area (TPSA) is 63.9 Å². The van der Waals surface area contributed by atoms with Gasteiger partial charge in [-0.1, -0.05) is 0 Å². The zero-order valence-corrected chi connectivity index (χ0v) is 9.03. The second-order valence-electron chi connectivity index (χ2n) is 4.02. The molecule has 1 aliphatic heterocycles. The number of benzene rings is 1. The molecular formula is C12H13N3O. The summed E-state index contributed by atoms with van der Waals surface area (Å²) in [6.07, 6.45) is 0.0915. The van der Waals surface area contributed by atoms with Crippen LogP contribution >= 0.6 is 0 Å². The number of rotatable bonds is 1. The average Bonchev–Trinajstić information content (AvgIpc) is 2.83. The fourth-order valence-corrected chi connectivity index (χ4v) is 1.93. The Morgan fingerprint density at radius 3 is 2.81 bits per heavy atom. The van der Waals surface area contributed by atoms with Gasteiger partial charge < -0.3 is 15.5 Å². The molecule has 1 aromatic heterocycles. The van der Waals surface area contributed by atoms with Gasteiger partial charge in [0.25, 0.3) is 0 Å². The van der Waals surface area contributed by atoms with Crippen molar-refractivity contribution in [3.05, 3.63) is 35.7 Å². The predicted octanol–water partition coefficient (Wildman–Crippen LogP) is 2.25. The van der Waals surface area contributed by atoms with Gasteiger partial charge in [-0.15, -0.1) is 0 Å². The number of nitrogen functional groups attached to an aromatic ring is 1. The van der Waals surface area contributed by atoms with Crippen LogP contribution in [-0.2, 0) is 11.3 Å². The number of H-pyrrole nitrogens is 1. The minimum absolute atomic E-state index is 0.0915. The quantitative estimate of drug-likeness (QED) is 0.717. The van der Waals surface area contributed by atoms with Crippen molar-refractivity contribution < 1.29 is 4.74 Å². The van der Waals surface area contributed by atoms with Crippen LogP contribution in [0.5, 0.6) is 0 Å². The SMILES string of the molecule is CC1OCc2[nH]c(-c3ccc(N)cc3)nc21. The van der Waals surface area contributed by atoms with E-state index in [2.05, 4.69) is 9.97 Å². The second kappa shape index (κ2) is 3.35. The number of nitrogens with two attached hydrogens (primary N) is 1. The first-order chi connectivity index (χ1) is 7.74. The first kappa shape index (κ1) is 9.42. The van der Waals surface area contributed by atoms with Crippen LogP contribution in [0, 0.1) is 0 Å². The number of nitrogens with zero attached hydrogens (tertiary/aromatic N) is 1. The van der Waals surface area contributed by atoms with E-state index in [1.54, 1.807) is 0 Å². The van der Waals surface area contributed by atoms with Gasteiger partial charge in [-0.25, -0.2) is 4.98 Å². The van der Waals surface area contributed by atoms with E-state index >= 15 is 0 Å². The predicted molar refractivity (Wildman–Crippen MR) is 61.6 cm³/mol. The molecule has 1 aliphatic rings. The Hall–Kier alpha value is -1.81. The highest BCUT2D eigenvalue weighted by atomic mass is 16.5. The third kappa shape index (κ3) is 1.39. The highest BCUT2D eigenvalue weighted by molar-refractivity contribution is 5.59. The third-order valence-electron chi connectivity index (χ3n) is 2.86. The molecule has 4 heteroatoms. The van der Waals surface area contributed by atoms with E-state index in [9.17, 15) is 0 Å². The van der Waals surface area contributed by atoms with Gasteiger partial charge in [0, 0.05) is 11.3 Å². The van der Waals surface area contributed by atoms with Crippen LogP contribution in [-0.4, -0.2) is 9.97 Å². The molecule has 16 heavy (non-hydrogen) atoms. The summed E-state index contributed by atoms with van der Waals surface area (Å²) in [6.45, 7) is 2.64. The molecule has 0 saturated carbocycles. The lowest BCUT2D eigenvalue weighted by molar-refractivity contribution is 0.0762. The molecule has 0 amide bonds. The van der Waals surface area contributed by atoms with Crippen LogP contribution in [0.3, 0.4) is 0 Å². The van der Waals surface area contributed by atoms with Crippen molar-refractivity contribution in [2.45, 2.75) is 19.6 Å². The molecule has 2 aromatic rings. The number of anilines is 1. The maximum Gasteiger partial charge on any atom is 0.138 e. The molecule has 82 valence electrons. The third-order valence-corrected chi connectivity index (χ3v) is 2.86. The van der Waals surface area contributed by atoms with Crippen molar-refractivity contribution >= 4 is 5.69 Å². The van der Waals surface area contributed by atoms with Gasteiger partial charge in [0.2, 0.25) is 0 Å². The number of nitrogens with one attached hydrogen (secondary N) is 1. The van der Waals surface area contributed by atoms with Gasteiger partial charge >= 0.3 is 0 Å². The lowest BCUT2D eigenvalue weighted by Gasteiger charge is -2.01. The van der Waals surface area contributed by atoms with E-state index in [0.717, 1.165) is 28.5 Å². The van der Waals surface area contributed by atoms with E-state index < -0.39 is 0 Å². The summed E-state index contributed by atoms with van der Waals surface area (Å²) in [6, 6.07) is 7.69. The van der Waals surface area contributed by atoms with Crippen molar-refractivity contribution in [2.24, 2.45) is 0 Å². The van der Waals surface area contributed by atoms with E-state index in [0.29, 0.717) is 6.61 Å². The van der Waals surface area contributed by atoms with Crippen molar-refractivity contribution in [2.75, 3.05) is 5.73 Å². The molecule has 0 bridgehead atoms. The summed E-state index contributed by atoms with van der Waals surface area (Å²) in [7, 11) is 0. The van der Waals surface area contributed by atoms with Crippen LogP contribution in [0.4, 0.5) is 5.69 Å². The maximum absolute atomic E-state index is 5.65. The highest BCUT2D eigenvalue weighted by Gasteiger charge is 2.23. The zero-order valence-electron chi connectivity index (χ0n) is 9.03. The Kier molecular flexibility index (Phi) is 1.97. The molecule has 2 heterocycles. The van der Waals surface area contributed by atoms with Crippen LogP contribution in [0.1, 0.15) is 24.4 Å². The number of hydrogen-bond acceptors (Lipinski definition) is 3. The second-order valence-corrected chi connectivity index (χ2v) is 4.02. The average molecular weight is 215 g/mol. The van der Waals surface area contributed by atoms with Gasteiger partial charge in [0.05, 0.1) is 24.1 Å². The summed E-state index contributed by atoms with van der Waals surface area (Å²) in [5, 5.41) is 0. The Morgan fingerprint density at radius 2 is 2.12 bits per heavy atom. The molecule has 0 aliphatic carbocycles. The first-order valence-electron chi connectivity index (χ1n) is 5.30. The fraction of sp³-hybridized carbons (Fsp3) is 0.250. The molecule has 1 atom stereocenters. The summed E-state index contributed by atoms with van der Waals surface area (Å²) >= 11 is 0. The Morgan fingerprint density at radius 1 is 1.38 bits per heavy atom. The molecule has 0 radical (unpaired) electrons. The van der Waals surface area contributed by atoms with Crippen molar-refractivity contribution in [1.82, 2.24) is 9.97 Å². The number of imidazole rings is 1. The van der Waals surface area contributed by atoms with Crippen molar-refractivity contribution in [3.63, 3.8) is 0 Å². The van der Waals surface area contributed by atoms with Gasteiger partial charge in [-0.05, 0) is 31.2 Å². The molecule has 3 N–H and O–H groups in total. The summed E-state index contributed by atoms with van der Waals surface area (Å²) < 4.78 is 5.46. The van der Waals surface area contributed by atoms with E-state index in [-0.39, 0.29) is 6.10 Å². The molecule has 4 nitrogen and oxygen atoms in total. The normalized spacial score (nSPS) is 18.7.